The zero-order valence-electron chi connectivity index (χ0n) is 10.4. The fourth-order valence-electron chi connectivity index (χ4n) is 2.47. The van der Waals surface area contributed by atoms with Crippen molar-refractivity contribution in [3.05, 3.63) is 28.2 Å². The summed E-state index contributed by atoms with van der Waals surface area (Å²) in [6.45, 7) is 6.02. The molecule has 1 unspecified atom stereocenters. The Balaban J connectivity index is 2.35. The van der Waals surface area contributed by atoms with Crippen LogP contribution in [0.3, 0.4) is 0 Å². The first-order valence-corrected chi connectivity index (χ1v) is 6.92. The van der Waals surface area contributed by atoms with Gasteiger partial charge in [0.25, 0.3) is 0 Å². The lowest BCUT2D eigenvalue weighted by molar-refractivity contribution is 0.101. The Morgan fingerprint density at radius 1 is 1.47 bits per heavy atom. The molecule has 1 saturated heterocycles. The molecule has 1 aliphatic rings. The van der Waals surface area contributed by atoms with Crippen LogP contribution in [0.2, 0.25) is 0 Å². The zero-order valence-corrected chi connectivity index (χ0v) is 12.0. The topological polar surface area (TPSA) is 20.3 Å². The van der Waals surface area contributed by atoms with E-state index in [-0.39, 0.29) is 5.78 Å². The molecule has 0 aromatic heterocycles. The van der Waals surface area contributed by atoms with E-state index in [0.29, 0.717) is 5.92 Å². The van der Waals surface area contributed by atoms with E-state index < -0.39 is 0 Å². The van der Waals surface area contributed by atoms with Crippen molar-refractivity contribution in [2.75, 3.05) is 18.0 Å². The number of nitrogens with zero attached hydrogens (tertiary/aromatic N) is 1. The molecule has 17 heavy (non-hydrogen) atoms. The van der Waals surface area contributed by atoms with Crippen molar-refractivity contribution in [3.63, 3.8) is 0 Å². The lowest BCUT2D eigenvalue weighted by atomic mass is 9.98. The second-order valence-electron chi connectivity index (χ2n) is 4.91. The van der Waals surface area contributed by atoms with Gasteiger partial charge in [-0.3, -0.25) is 4.79 Å². The Bertz CT molecular complexity index is 430. The first-order chi connectivity index (χ1) is 8.08. The molecule has 0 N–H and O–H groups in total. The van der Waals surface area contributed by atoms with Crippen LogP contribution in [0.25, 0.3) is 0 Å². The molecule has 2 nitrogen and oxygen atoms in total. The van der Waals surface area contributed by atoms with Gasteiger partial charge in [0.15, 0.2) is 5.78 Å². The molecular formula is C14H18BrNO. The second-order valence-corrected chi connectivity index (χ2v) is 5.83. The minimum Gasteiger partial charge on any atom is -0.371 e. The van der Waals surface area contributed by atoms with Crippen LogP contribution in [0.4, 0.5) is 5.69 Å². The van der Waals surface area contributed by atoms with Gasteiger partial charge >= 0.3 is 0 Å². The van der Waals surface area contributed by atoms with E-state index in [4.69, 9.17) is 0 Å². The van der Waals surface area contributed by atoms with Gasteiger partial charge in [0, 0.05) is 28.8 Å². The minimum absolute atomic E-state index is 0.144. The summed E-state index contributed by atoms with van der Waals surface area (Å²) in [6, 6.07) is 5.92. The van der Waals surface area contributed by atoms with Crippen molar-refractivity contribution in [1.29, 1.82) is 0 Å². The van der Waals surface area contributed by atoms with Crippen molar-refractivity contribution in [2.24, 2.45) is 5.92 Å². The standard InChI is InChI=1S/C14H18BrNO/c1-10-4-3-7-16(9-10)14-8-12(15)5-6-13(14)11(2)17/h5-6,8,10H,3-4,7,9H2,1-2H3. The van der Waals surface area contributed by atoms with Gasteiger partial charge in [-0.05, 0) is 43.9 Å². The molecule has 1 fully saturated rings. The first kappa shape index (κ1) is 12.6. The quantitative estimate of drug-likeness (QED) is 0.772. The van der Waals surface area contributed by atoms with Gasteiger partial charge in [-0.15, -0.1) is 0 Å². The van der Waals surface area contributed by atoms with Crippen molar-refractivity contribution in [3.8, 4) is 0 Å². The molecule has 0 aliphatic carbocycles. The van der Waals surface area contributed by atoms with Gasteiger partial charge in [-0.2, -0.15) is 0 Å². The number of halogens is 1. The first-order valence-electron chi connectivity index (χ1n) is 6.13. The number of Topliss-reactive ketones (excluding diaryl/α,β-unsaturated/α-hetero) is 1. The Morgan fingerprint density at radius 2 is 2.24 bits per heavy atom. The van der Waals surface area contributed by atoms with Gasteiger partial charge in [0.05, 0.1) is 0 Å². The summed E-state index contributed by atoms with van der Waals surface area (Å²) in [6.07, 6.45) is 2.50. The highest BCUT2D eigenvalue weighted by Crippen LogP contribution is 2.29. The van der Waals surface area contributed by atoms with Crippen molar-refractivity contribution >= 4 is 27.4 Å². The Kier molecular flexibility index (Phi) is 3.87. The van der Waals surface area contributed by atoms with E-state index in [1.165, 1.54) is 12.8 Å². The Labute approximate surface area is 111 Å². The largest absolute Gasteiger partial charge is 0.371 e. The fraction of sp³-hybridized carbons (Fsp3) is 0.500. The average Bonchev–Trinajstić information content (AvgIpc) is 2.28. The third-order valence-corrected chi connectivity index (χ3v) is 3.83. The van der Waals surface area contributed by atoms with Crippen LogP contribution in [0.1, 0.15) is 37.0 Å². The SMILES string of the molecule is CC(=O)c1ccc(Br)cc1N1CCCC(C)C1. The maximum Gasteiger partial charge on any atom is 0.161 e. The summed E-state index contributed by atoms with van der Waals surface area (Å²) in [4.78, 5) is 14.0. The van der Waals surface area contributed by atoms with E-state index in [1.54, 1.807) is 6.92 Å². The fourth-order valence-corrected chi connectivity index (χ4v) is 2.82. The molecule has 92 valence electrons. The van der Waals surface area contributed by atoms with Gasteiger partial charge in [-0.1, -0.05) is 22.9 Å². The molecular weight excluding hydrogens is 278 g/mol. The number of anilines is 1. The number of hydrogen-bond acceptors (Lipinski definition) is 2. The lowest BCUT2D eigenvalue weighted by Crippen LogP contribution is -2.35. The molecule has 3 heteroatoms. The molecule has 0 amide bonds. The zero-order chi connectivity index (χ0) is 12.4. The molecule has 1 aliphatic heterocycles. The van der Waals surface area contributed by atoms with Crippen LogP contribution in [0.15, 0.2) is 22.7 Å². The molecule has 2 rings (SSSR count). The highest BCUT2D eigenvalue weighted by molar-refractivity contribution is 9.10. The molecule has 1 atom stereocenters. The van der Waals surface area contributed by atoms with Crippen LogP contribution in [-0.2, 0) is 0 Å². The van der Waals surface area contributed by atoms with Gasteiger partial charge < -0.3 is 4.90 Å². The lowest BCUT2D eigenvalue weighted by Gasteiger charge is -2.34. The highest BCUT2D eigenvalue weighted by atomic mass is 79.9. The third-order valence-electron chi connectivity index (χ3n) is 3.34. The smallest absolute Gasteiger partial charge is 0.161 e. The number of carbonyl (C=O) groups excluding carboxylic acids is 1. The molecule has 1 heterocycles. The third kappa shape index (κ3) is 2.89. The van der Waals surface area contributed by atoms with Gasteiger partial charge in [0.2, 0.25) is 0 Å². The summed E-state index contributed by atoms with van der Waals surface area (Å²) in [5, 5.41) is 0. The van der Waals surface area contributed by atoms with Crippen molar-refractivity contribution < 1.29 is 4.79 Å². The maximum absolute atomic E-state index is 11.7. The summed E-state index contributed by atoms with van der Waals surface area (Å²) in [7, 11) is 0. The normalized spacial score (nSPS) is 20.4. The van der Waals surface area contributed by atoms with Crippen LogP contribution in [0.5, 0.6) is 0 Å². The summed E-state index contributed by atoms with van der Waals surface area (Å²) in [5.41, 5.74) is 1.92. The van der Waals surface area contributed by atoms with E-state index in [1.807, 2.05) is 12.1 Å². The number of piperidine rings is 1. The van der Waals surface area contributed by atoms with Crippen LogP contribution < -0.4 is 4.90 Å². The molecule has 0 radical (unpaired) electrons. The minimum atomic E-state index is 0.144. The number of hydrogen-bond donors (Lipinski definition) is 0. The van der Waals surface area contributed by atoms with Crippen LogP contribution in [0, 0.1) is 5.92 Å². The number of carbonyl (C=O) groups is 1. The highest BCUT2D eigenvalue weighted by Gasteiger charge is 2.20. The monoisotopic (exact) mass is 295 g/mol. The molecule has 1 aromatic rings. The van der Waals surface area contributed by atoms with Gasteiger partial charge in [0.1, 0.15) is 0 Å². The predicted molar refractivity (Wildman–Crippen MR) is 74.8 cm³/mol. The molecule has 0 spiro atoms. The van der Waals surface area contributed by atoms with E-state index in [9.17, 15) is 4.79 Å². The molecule has 0 bridgehead atoms. The maximum atomic E-state index is 11.7. The van der Waals surface area contributed by atoms with E-state index >= 15 is 0 Å². The van der Waals surface area contributed by atoms with Gasteiger partial charge in [-0.25, -0.2) is 0 Å². The number of benzene rings is 1. The number of rotatable bonds is 2. The summed E-state index contributed by atoms with van der Waals surface area (Å²) >= 11 is 3.49. The van der Waals surface area contributed by atoms with Crippen molar-refractivity contribution in [2.45, 2.75) is 26.7 Å². The number of ketones is 1. The molecule has 0 saturated carbocycles. The van der Waals surface area contributed by atoms with E-state index in [2.05, 4.69) is 33.8 Å². The van der Waals surface area contributed by atoms with Crippen LogP contribution >= 0.6 is 15.9 Å². The second kappa shape index (κ2) is 5.21. The van der Waals surface area contributed by atoms with Crippen molar-refractivity contribution in [1.82, 2.24) is 0 Å². The predicted octanol–water partition coefficient (Wildman–Crippen LogP) is 3.89. The van der Waals surface area contributed by atoms with Crippen LogP contribution in [-0.4, -0.2) is 18.9 Å². The molecule has 1 aromatic carbocycles. The van der Waals surface area contributed by atoms with E-state index in [0.717, 1.165) is 28.8 Å². The summed E-state index contributed by atoms with van der Waals surface area (Å²) < 4.78 is 1.04. The average molecular weight is 296 g/mol. The Hall–Kier alpha value is -0.830. The summed E-state index contributed by atoms with van der Waals surface area (Å²) in [5.74, 6) is 0.855. The Morgan fingerprint density at radius 3 is 2.88 bits per heavy atom.